The number of halogens is 3. The molecule has 0 amide bonds. The molecule has 0 heterocycles. The lowest BCUT2D eigenvalue weighted by molar-refractivity contribution is -0.136. The molecule has 1 rings (SSSR count). The Labute approximate surface area is 81.3 Å². The van der Waals surface area contributed by atoms with E-state index in [4.69, 9.17) is 5.11 Å². The van der Waals surface area contributed by atoms with Crippen LogP contribution in [0.4, 0.5) is 8.78 Å². The second-order valence-corrected chi connectivity index (χ2v) is 3.25. The van der Waals surface area contributed by atoms with Crippen molar-refractivity contribution in [1.82, 2.24) is 0 Å². The first-order valence-electron chi connectivity index (χ1n) is 3.36. The number of carboxylic acid groups (broad SMARTS) is 1. The maximum atomic E-state index is 13.0. The van der Waals surface area contributed by atoms with Gasteiger partial charge in [-0.3, -0.25) is 4.79 Å². The van der Waals surface area contributed by atoms with Gasteiger partial charge < -0.3 is 5.11 Å². The Morgan fingerprint density at radius 3 is 2.62 bits per heavy atom. The summed E-state index contributed by atoms with van der Waals surface area (Å²) in [7, 11) is 0. The fraction of sp³-hybridized carbons (Fsp3) is 0.125. The van der Waals surface area contributed by atoms with Crippen molar-refractivity contribution in [3.63, 3.8) is 0 Å². The molecule has 0 aliphatic rings. The van der Waals surface area contributed by atoms with E-state index in [0.717, 1.165) is 6.07 Å². The summed E-state index contributed by atoms with van der Waals surface area (Å²) in [6.45, 7) is 0. The van der Waals surface area contributed by atoms with Gasteiger partial charge in [0.1, 0.15) is 0 Å². The van der Waals surface area contributed by atoms with Crippen LogP contribution in [0.3, 0.4) is 0 Å². The average Bonchev–Trinajstić information content (AvgIpc) is 2.05. The molecule has 0 radical (unpaired) electrons. The Hall–Kier alpha value is -0.970. The fourth-order valence-corrected chi connectivity index (χ4v) is 1.33. The van der Waals surface area contributed by atoms with Crippen LogP contribution in [0.25, 0.3) is 0 Å². The Morgan fingerprint density at radius 1 is 1.46 bits per heavy atom. The average molecular weight is 251 g/mol. The molecule has 0 atom stereocenters. The topological polar surface area (TPSA) is 37.3 Å². The molecule has 5 heteroatoms. The van der Waals surface area contributed by atoms with E-state index in [1.54, 1.807) is 0 Å². The number of carbonyl (C=O) groups is 1. The first-order valence-corrected chi connectivity index (χ1v) is 4.16. The first-order chi connectivity index (χ1) is 6.02. The Morgan fingerprint density at radius 2 is 2.08 bits per heavy atom. The van der Waals surface area contributed by atoms with Crippen LogP contribution in [-0.4, -0.2) is 11.1 Å². The van der Waals surface area contributed by atoms with Crippen molar-refractivity contribution in [1.29, 1.82) is 0 Å². The van der Waals surface area contributed by atoms with Gasteiger partial charge in [0.05, 0.1) is 6.42 Å². The summed E-state index contributed by atoms with van der Waals surface area (Å²) in [4.78, 5) is 10.3. The minimum atomic E-state index is -1.20. The molecule has 0 saturated heterocycles. The van der Waals surface area contributed by atoms with Gasteiger partial charge >= 0.3 is 5.97 Å². The van der Waals surface area contributed by atoms with E-state index in [2.05, 4.69) is 15.9 Å². The number of hydrogen-bond acceptors (Lipinski definition) is 1. The molecule has 70 valence electrons. The lowest BCUT2D eigenvalue weighted by atomic mass is 10.1. The van der Waals surface area contributed by atoms with Crippen LogP contribution in [-0.2, 0) is 11.2 Å². The van der Waals surface area contributed by atoms with Crippen molar-refractivity contribution >= 4 is 21.9 Å². The van der Waals surface area contributed by atoms with E-state index in [-0.39, 0.29) is 10.0 Å². The van der Waals surface area contributed by atoms with E-state index in [1.807, 2.05) is 0 Å². The van der Waals surface area contributed by atoms with Crippen molar-refractivity contribution in [2.24, 2.45) is 0 Å². The third-order valence-electron chi connectivity index (χ3n) is 1.47. The molecule has 1 aromatic rings. The Bertz CT molecular complexity index is 352. The van der Waals surface area contributed by atoms with Gasteiger partial charge in [0.15, 0.2) is 11.6 Å². The van der Waals surface area contributed by atoms with Crippen LogP contribution in [0.15, 0.2) is 16.6 Å². The summed E-state index contributed by atoms with van der Waals surface area (Å²) in [5.74, 6) is -3.36. The largest absolute Gasteiger partial charge is 0.481 e. The smallest absolute Gasteiger partial charge is 0.307 e. The number of hydrogen-bond donors (Lipinski definition) is 1. The molecule has 1 N–H and O–H groups in total. The zero-order valence-electron chi connectivity index (χ0n) is 6.35. The fourth-order valence-electron chi connectivity index (χ4n) is 0.882. The summed E-state index contributed by atoms with van der Waals surface area (Å²) in [5, 5.41) is 8.40. The van der Waals surface area contributed by atoms with Crippen LogP contribution >= 0.6 is 15.9 Å². The second-order valence-electron chi connectivity index (χ2n) is 2.39. The van der Waals surface area contributed by atoms with Crippen LogP contribution in [0.1, 0.15) is 5.56 Å². The quantitative estimate of drug-likeness (QED) is 0.819. The molecule has 0 saturated carbocycles. The predicted molar refractivity (Wildman–Crippen MR) is 45.4 cm³/mol. The van der Waals surface area contributed by atoms with Gasteiger partial charge in [0.2, 0.25) is 0 Å². The van der Waals surface area contributed by atoms with Gasteiger partial charge in [-0.1, -0.05) is 15.9 Å². The highest BCUT2D eigenvalue weighted by atomic mass is 79.9. The normalized spacial score (nSPS) is 10.1. The lowest BCUT2D eigenvalue weighted by Gasteiger charge is -2.03. The number of benzene rings is 1. The molecule has 0 fully saturated rings. The summed E-state index contributed by atoms with van der Waals surface area (Å²) >= 11 is 2.94. The Balaban J connectivity index is 3.17. The molecule has 0 unspecified atom stereocenters. The van der Waals surface area contributed by atoms with Crippen molar-refractivity contribution in [3.05, 3.63) is 33.8 Å². The van der Waals surface area contributed by atoms with Crippen LogP contribution in [0.2, 0.25) is 0 Å². The van der Waals surface area contributed by atoms with E-state index in [1.165, 1.54) is 6.07 Å². The summed E-state index contributed by atoms with van der Waals surface area (Å²) in [6, 6.07) is 2.21. The van der Waals surface area contributed by atoms with Gasteiger partial charge in [-0.05, 0) is 12.1 Å². The zero-order chi connectivity index (χ0) is 10.0. The van der Waals surface area contributed by atoms with Gasteiger partial charge in [-0.25, -0.2) is 8.78 Å². The third kappa shape index (κ3) is 2.24. The molecule has 0 spiro atoms. The SMILES string of the molecule is O=C(O)Cc1c(Br)ccc(F)c1F. The zero-order valence-corrected chi connectivity index (χ0v) is 7.94. The van der Waals surface area contributed by atoms with E-state index < -0.39 is 24.0 Å². The monoisotopic (exact) mass is 250 g/mol. The number of carboxylic acids is 1. The molecule has 2 nitrogen and oxygen atoms in total. The molecule has 0 aromatic heterocycles. The maximum Gasteiger partial charge on any atom is 0.307 e. The highest BCUT2D eigenvalue weighted by Crippen LogP contribution is 2.22. The Kier molecular flexibility index (Phi) is 2.98. The first kappa shape index (κ1) is 10.1. The predicted octanol–water partition coefficient (Wildman–Crippen LogP) is 2.35. The van der Waals surface area contributed by atoms with E-state index in [9.17, 15) is 13.6 Å². The van der Waals surface area contributed by atoms with Gasteiger partial charge in [0.25, 0.3) is 0 Å². The molecular weight excluding hydrogens is 246 g/mol. The van der Waals surface area contributed by atoms with Crippen molar-refractivity contribution in [2.75, 3.05) is 0 Å². The van der Waals surface area contributed by atoms with Gasteiger partial charge in [-0.2, -0.15) is 0 Å². The number of aliphatic carboxylic acids is 1. The van der Waals surface area contributed by atoms with Crippen molar-refractivity contribution in [2.45, 2.75) is 6.42 Å². The molecule has 0 bridgehead atoms. The highest BCUT2D eigenvalue weighted by molar-refractivity contribution is 9.10. The summed E-state index contributed by atoms with van der Waals surface area (Å²) < 4.78 is 25.8. The second kappa shape index (κ2) is 3.83. The minimum absolute atomic E-state index is 0.174. The standard InChI is InChI=1S/C8H5BrF2O2/c9-5-1-2-6(10)8(11)4(5)3-7(12)13/h1-2H,3H2,(H,12,13). The lowest BCUT2D eigenvalue weighted by Crippen LogP contribution is -2.04. The van der Waals surface area contributed by atoms with Gasteiger partial charge in [0, 0.05) is 10.0 Å². The molecule has 0 aliphatic heterocycles. The molecule has 13 heavy (non-hydrogen) atoms. The summed E-state index contributed by atoms with van der Waals surface area (Å²) in [5.41, 5.74) is -0.174. The van der Waals surface area contributed by atoms with E-state index in [0.29, 0.717) is 0 Å². The van der Waals surface area contributed by atoms with Crippen LogP contribution in [0, 0.1) is 11.6 Å². The summed E-state index contributed by atoms with van der Waals surface area (Å²) in [6.07, 6.45) is -0.538. The molecular formula is C8H5BrF2O2. The van der Waals surface area contributed by atoms with Crippen LogP contribution < -0.4 is 0 Å². The van der Waals surface area contributed by atoms with E-state index >= 15 is 0 Å². The van der Waals surface area contributed by atoms with Crippen molar-refractivity contribution < 1.29 is 18.7 Å². The third-order valence-corrected chi connectivity index (χ3v) is 2.21. The minimum Gasteiger partial charge on any atom is -0.481 e. The van der Waals surface area contributed by atoms with Crippen LogP contribution in [0.5, 0.6) is 0 Å². The van der Waals surface area contributed by atoms with Crippen molar-refractivity contribution in [3.8, 4) is 0 Å². The number of rotatable bonds is 2. The highest BCUT2D eigenvalue weighted by Gasteiger charge is 2.14. The molecule has 1 aromatic carbocycles. The molecule has 0 aliphatic carbocycles. The maximum absolute atomic E-state index is 13.0. The van der Waals surface area contributed by atoms with Gasteiger partial charge in [-0.15, -0.1) is 0 Å².